The predicted molar refractivity (Wildman–Crippen MR) is 65.2 cm³/mol. The SMILES string of the molecule is Nc1cc(F)cc(CS(=O)c2cccs2)c1. The molecule has 1 aromatic carbocycles. The molecule has 2 nitrogen and oxygen atoms in total. The van der Waals surface area contributed by atoms with Crippen molar-refractivity contribution in [2.24, 2.45) is 0 Å². The second kappa shape index (κ2) is 4.76. The summed E-state index contributed by atoms with van der Waals surface area (Å²) in [6.45, 7) is 0. The van der Waals surface area contributed by atoms with Gasteiger partial charge in [0.05, 0.1) is 20.8 Å². The smallest absolute Gasteiger partial charge is 0.125 e. The minimum atomic E-state index is -1.12. The molecule has 0 aliphatic heterocycles. The van der Waals surface area contributed by atoms with Gasteiger partial charge in [0, 0.05) is 5.69 Å². The number of hydrogen-bond acceptors (Lipinski definition) is 3. The number of nitrogen functional groups attached to an aromatic ring is 1. The van der Waals surface area contributed by atoms with Crippen LogP contribution < -0.4 is 5.73 Å². The first-order valence-electron chi connectivity index (χ1n) is 4.62. The van der Waals surface area contributed by atoms with E-state index in [1.165, 1.54) is 23.5 Å². The molecule has 0 spiro atoms. The zero-order valence-corrected chi connectivity index (χ0v) is 9.98. The Bertz CT molecular complexity index is 490. The third kappa shape index (κ3) is 2.68. The van der Waals surface area contributed by atoms with E-state index in [-0.39, 0.29) is 0 Å². The van der Waals surface area contributed by atoms with E-state index in [1.807, 2.05) is 17.5 Å². The minimum Gasteiger partial charge on any atom is -0.399 e. The highest BCUT2D eigenvalue weighted by Crippen LogP contribution is 2.19. The molecule has 0 aliphatic rings. The maximum atomic E-state index is 13.0. The van der Waals surface area contributed by atoms with E-state index in [0.717, 1.165) is 4.21 Å². The van der Waals surface area contributed by atoms with Crippen molar-refractivity contribution in [3.05, 3.63) is 47.1 Å². The van der Waals surface area contributed by atoms with E-state index in [2.05, 4.69) is 0 Å². The third-order valence-electron chi connectivity index (χ3n) is 2.00. The molecule has 0 aliphatic carbocycles. The van der Waals surface area contributed by atoms with Crippen LogP contribution in [0.4, 0.5) is 10.1 Å². The minimum absolute atomic E-state index is 0.294. The molecule has 84 valence electrons. The average molecular weight is 255 g/mol. The lowest BCUT2D eigenvalue weighted by molar-refractivity contribution is 0.627. The second-order valence-electron chi connectivity index (χ2n) is 3.31. The second-order valence-corrected chi connectivity index (χ2v) is 5.94. The fraction of sp³-hybridized carbons (Fsp3) is 0.0909. The summed E-state index contributed by atoms with van der Waals surface area (Å²) in [6.07, 6.45) is 0. The standard InChI is InChI=1S/C11H10FNOS2/c12-9-4-8(5-10(13)6-9)7-16(14)11-2-1-3-15-11/h1-6H,7,13H2. The average Bonchev–Trinajstić information content (AvgIpc) is 2.68. The Morgan fingerprint density at radius 1 is 1.38 bits per heavy atom. The van der Waals surface area contributed by atoms with Crippen molar-refractivity contribution in [3.63, 3.8) is 0 Å². The Balaban J connectivity index is 2.18. The van der Waals surface area contributed by atoms with Crippen LogP contribution >= 0.6 is 11.3 Å². The third-order valence-corrected chi connectivity index (χ3v) is 4.69. The summed E-state index contributed by atoms with van der Waals surface area (Å²) in [7, 11) is -1.12. The topological polar surface area (TPSA) is 43.1 Å². The van der Waals surface area contributed by atoms with Gasteiger partial charge in [-0.25, -0.2) is 4.39 Å². The van der Waals surface area contributed by atoms with Crippen molar-refractivity contribution in [2.45, 2.75) is 9.96 Å². The van der Waals surface area contributed by atoms with Gasteiger partial charge in [0.2, 0.25) is 0 Å². The molecule has 1 unspecified atom stereocenters. The number of nitrogens with two attached hydrogens (primary N) is 1. The van der Waals surface area contributed by atoms with Crippen molar-refractivity contribution >= 4 is 27.8 Å². The Labute approximate surface area is 99.4 Å². The van der Waals surface area contributed by atoms with Gasteiger partial charge in [0.25, 0.3) is 0 Å². The van der Waals surface area contributed by atoms with Gasteiger partial charge in [0.15, 0.2) is 0 Å². The molecule has 1 atom stereocenters. The molecule has 2 aromatic rings. The predicted octanol–water partition coefficient (Wildman–Crippen LogP) is 2.78. The van der Waals surface area contributed by atoms with Gasteiger partial charge >= 0.3 is 0 Å². The zero-order valence-electron chi connectivity index (χ0n) is 8.35. The van der Waals surface area contributed by atoms with Crippen LogP contribution in [-0.2, 0) is 16.6 Å². The molecular weight excluding hydrogens is 245 g/mol. The number of hydrogen-bond donors (Lipinski definition) is 1. The summed E-state index contributed by atoms with van der Waals surface area (Å²) in [5.41, 5.74) is 6.53. The first-order chi connectivity index (χ1) is 7.65. The monoisotopic (exact) mass is 255 g/mol. The Morgan fingerprint density at radius 3 is 2.81 bits per heavy atom. The molecule has 16 heavy (non-hydrogen) atoms. The van der Waals surface area contributed by atoms with Crippen molar-refractivity contribution < 1.29 is 8.60 Å². The highest BCUT2D eigenvalue weighted by Gasteiger charge is 2.07. The maximum Gasteiger partial charge on any atom is 0.125 e. The highest BCUT2D eigenvalue weighted by atomic mass is 32.2. The fourth-order valence-electron chi connectivity index (χ4n) is 1.37. The molecule has 0 saturated heterocycles. The van der Waals surface area contributed by atoms with Crippen LogP contribution in [0.3, 0.4) is 0 Å². The molecule has 2 N–H and O–H groups in total. The number of rotatable bonds is 3. The first kappa shape index (κ1) is 11.3. The first-order valence-corrected chi connectivity index (χ1v) is 6.82. The quantitative estimate of drug-likeness (QED) is 0.857. The van der Waals surface area contributed by atoms with Crippen LogP contribution in [0.15, 0.2) is 39.9 Å². The maximum absolute atomic E-state index is 13.0. The largest absolute Gasteiger partial charge is 0.399 e. The molecular formula is C11H10FNOS2. The van der Waals surface area contributed by atoms with Crippen LogP contribution in [-0.4, -0.2) is 4.21 Å². The van der Waals surface area contributed by atoms with Gasteiger partial charge in [0.1, 0.15) is 5.82 Å². The molecule has 1 aromatic heterocycles. The van der Waals surface area contributed by atoms with Crippen molar-refractivity contribution in [3.8, 4) is 0 Å². The molecule has 5 heteroatoms. The van der Waals surface area contributed by atoms with E-state index in [4.69, 9.17) is 5.73 Å². The van der Waals surface area contributed by atoms with E-state index in [1.54, 1.807) is 6.07 Å². The summed E-state index contributed by atoms with van der Waals surface area (Å²) in [5, 5.41) is 1.87. The lowest BCUT2D eigenvalue weighted by Gasteiger charge is -2.02. The molecule has 1 heterocycles. The summed E-state index contributed by atoms with van der Waals surface area (Å²) in [4.78, 5) is 0. The van der Waals surface area contributed by atoms with Crippen LogP contribution in [0.2, 0.25) is 0 Å². The number of thiophene rings is 1. The Morgan fingerprint density at radius 2 is 2.19 bits per heavy atom. The van der Waals surface area contributed by atoms with Gasteiger partial charge in [-0.1, -0.05) is 6.07 Å². The Hall–Kier alpha value is -1.20. The molecule has 2 rings (SSSR count). The van der Waals surface area contributed by atoms with Crippen molar-refractivity contribution in [1.82, 2.24) is 0 Å². The van der Waals surface area contributed by atoms with E-state index in [9.17, 15) is 8.60 Å². The van der Waals surface area contributed by atoms with Gasteiger partial charge in [-0.15, -0.1) is 11.3 Å². The van der Waals surface area contributed by atoms with Crippen LogP contribution in [0.25, 0.3) is 0 Å². The van der Waals surface area contributed by atoms with Crippen LogP contribution in [0.5, 0.6) is 0 Å². The summed E-state index contributed by atoms with van der Waals surface area (Å²) >= 11 is 1.43. The van der Waals surface area contributed by atoms with E-state index in [0.29, 0.717) is 17.0 Å². The lowest BCUT2D eigenvalue weighted by Crippen LogP contribution is -1.97. The van der Waals surface area contributed by atoms with Crippen LogP contribution in [0, 0.1) is 5.82 Å². The zero-order chi connectivity index (χ0) is 11.5. The molecule has 0 radical (unpaired) electrons. The molecule has 0 amide bonds. The number of halogens is 1. The molecule has 0 bridgehead atoms. The van der Waals surface area contributed by atoms with E-state index >= 15 is 0 Å². The number of anilines is 1. The van der Waals surface area contributed by atoms with E-state index < -0.39 is 16.6 Å². The molecule has 0 fully saturated rings. The Kier molecular flexibility index (Phi) is 3.36. The van der Waals surface area contributed by atoms with Gasteiger partial charge in [-0.3, -0.25) is 4.21 Å². The molecule has 0 saturated carbocycles. The lowest BCUT2D eigenvalue weighted by atomic mass is 10.2. The van der Waals surface area contributed by atoms with Crippen LogP contribution in [0.1, 0.15) is 5.56 Å². The van der Waals surface area contributed by atoms with Crippen molar-refractivity contribution in [1.29, 1.82) is 0 Å². The van der Waals surface area contributed by atoms with Gasteiger partial charge in [-0.05, 0) is 35.2 Å². The highest BCUT2D eigenvalue weighted by molar-refractivity contribution is 7.86. The van der Waals surface area contributed by atoms with Gasteiger partial charge < -0.3 is 5.73 Å². The summed E-state index contributed by atoms with van der Waals surface area (Å²) < 4.78 is 25.7. The van der Waals surface area contributed by atoms with Gasteiger partial charge in [-0.2, -0.15) is 0 Å². The van der Waals surface area contributed by atoms with Crippen molar-refractivity contribution in [2.75, 3.05) is 5.73 Å². The summed E-state index contributed by atoms with van der Waals surface area (Å²) in [5.74, 6) is -0.0965. The fourth-order valence-corrected chi connectivity index (χ4v) is 3.44. The normalized spacial score (nSPS) is 12.6. The summed E-state index contributed by atoms with van der Waals surface area (Å²) in [6, 6.07) is 7.91. The number of benzene rings is 1.